The van der Waals surface area contributed by atoms with E-state index in [0.29, 0.717) is 5.82 Å². The molecule has 0 unspecified atom stereocenters. The van der Waals surface area contributed by atoms with E-state index in [1.54, 1.807) is 6.20 Å². The number of carbonyl (C=O) groups excluding carboxylic acids is 1. The lowest BCUT2D eigenvalue weighted by atomic mass is 10.1. The predicted octanol–water partition coefficient (Wildman–Crippen LogP) is 1.36. The van der Waals surface area contributed by atoms with Gasteiger partial charge < -0.3 is 10.2 Å². The van der Waals surface area contributed by atoms with E-state index in [-0.39, 0.29) is 21.8 Å². The number of thiazole rings is 1. The Morgan fingerprint density at radius 3 is 2.77 bits per heavy atom. The number of carbonyl (C=O) groups is 1. The summed E-state index contributed by atoms with van der Waals surface area (Å²) in [6.45, 7) is 3.22. The molecular weight excluding hydrogens is 376 g/mol. The fourth-order valence-corrected chi connectivity index (χ4v) is 4.70. The Labute approximate surface area is 155 Å². The zero-order valence-electron chi connectivity index (χ0n) is 14.3. The van der Waals surface area contributed by atoms with E-state index >= 15 is 0 Å². The lowest BCUT2D eigenvalue weighted by Gasteiger charge is -2.27. The lowest BCUT2D eigenvalue weighted by Crippen LogP contribution is -2.31. The van der Waals surface area contributed by atoms with Crippen LogP contribution < -0.4 is 14.9 Å². The topological polar surface area (TPSA) is 117 Å². The maximum Gasteiger partial charge on any atom is 0.252 e. The Balaban J connectivity index is 1.66. The third-order valence-electron chi connectivity index (χ3n) is 3.82. The highest BCUT2D eigenvalue weighted by atomic mass is 32.2. The van der Waals surface area contributed by atoms with Crippen LogP contribution in [0.5, 0.6) is 0 Å². The Morgan fingerprint density at radius 2 is 2.04 bits per heavy atom. The van der Waals surface area contributed by atoms with E-state index in [0.717, 1.165) is 43.1 Å². The molecule has 11 heteroatoms. The summed E-state index contributed by atoms with van der Waals surface area (Å²) in [6, 6.07) is 1.84. The fraction of sp³-hybridized carbons (Fsp3) is 0.467. The minimum absolute atomic E-state index is 0.0165. The summed E-state index contributed by atoms with van der Waals surface area (Å²) in [5, 5.41) is 2.70. The van der Waals surface area contributed by atoms with Gasteiger partial charge in [-0.2, -0.15) is 0 Å². The summed E-state index contributed by atoms with van der Waals surface area (Å²) >= 11 is 0.887. The van der Waals surface area contributed by atoms with Gasteiger partial charge in [-0.05, 0) is 25.3 Å². The molecule has 1 aliphatic heterocycles. The molecule has 0 spiro atoms. The van der Waals surface area contributed by atoms with Crippen molar-refractivity contribution in [1.29, 1.82) is 0 Å². The summed E-state index contributed by atoms with van der Waals surface area (Å²) in [4.78, 5) is 25.7. The fourth-order valence-electron chi connectivity index (χ4n) is 2.60. The SMILES string of the molecule is CC(=O)Nc1ncc(S(=O)(=O)NCc2nccc(N3CCCCC3)n2)s1. The molecule has 3 heterocycles. The summed E-state index contributed by atoms with van der Waals surface area (Å²) in [5.74, 6) is 0.919. The predicted molar refractivity (Wildman–Crippen MR) is 98.5 cm³/mol. The van der Waals surface area contributed by atoms with E-state index < -0.39 is 10.0 Å². The molecule has 1 amide bonds. The van der Waals surface area contributed by atoms with Gasteiger partial charge in [0.15, 0.2) is 9.34 Å². The van der Waals surface area contributed by atoms with Crippen molar-refractivity contribution in [3.05, 3.63) is 24.3 Å². The Morgan fingerprint density at radius 1 is 1.27 bits per heavy atom. The van der Waals surface area contributed by atoms with Crippen LogP contribution in [0.1, 0.15) is 32.0 Å². The van der Waals surface area contributed by atoms with Gasteiger partial charge in [0.1, 0.15) is 11.6 Å². The number of aromatic nitrogens is 3. The zero-order chi connectivity index (χ0) is 18.6. The smallest absolute Gasteiger partial charge is 0.252 e. The first-order chi connectivity index (χ1) is 12.4. The second-order valence-electron chi connectivity index (χ2n) is 5.87. The van der Waals surface area contributed by atoms with Gasteiger partial charge >= 0.3 is 0 Å². The maximum absolute atomic E-state index is 12.4. The number of hydrogen-bond donors (Lipinski definition) is 2. The number of sulfonamides is 1. The van der Waals surface area contributed by atoms with Gasteiger partial charge in [0.2, 0.25) is 5.91 Å². The first-order valence-corrected chi connectivity index (χ1v) is 10.5. The van der Waals surface area contributed by atoms with E-state index in [4.69, 9.17) is 0 Å². The van der Waals surface area contributed by atoms with Crippen molar-refractivity contribution in [3.8, 4) is 0 Å². The van der Waals surface area contributed by atoms with Crippen molar-refractivity contribution in [3.63, 3.8) is 0 Å². The van der Waals surface area contributed by atoms with Gasteiger partial charge in [0.05, 0.1) is 12.7 Å². The monoisotopic (exact) mass is 396 g/mol. The number of hydrogen-bond acceptors (Lipinski definition) is 8. The van der Waals surface area contributed by atoms with Crippen molar-refractivity contribution in [2.24, 2.45) is 0 Å². The third-order valence-corrected chi connectivity index (χ3v) is 6.60. The molecule has 26 heavy (non-hydrogen) atoms. The van der Waals surface area contributed by atoms with Crippen LogP contribution in [0.4, 0.5) is 10.9 Å². The number of rotatable bonds is 6. The van der Waals surface area contributed by atoms with Crippen LogP contribution in [0.15, 0.2) is 22.7 Å². The van der Waals surface area contributed by atoms with Crippen LogP contribution in [0.3, 0.4) is 0 Å². The third kappa shape index (κ3) is 4.74. The number of nitrogens with one attached hydrogen (secondary N) is 2. The van der Waals surface area contributed by atoms with Gasteiger partial charge in [0.25, 0.3) is 10.0 Å². The molecule has 0 aromatic carbocycles. The average molecular weight is 396 g/mol. The van der Waals surface area contributed by atoms with Gasteiger partial charge in [-0.3, -0.25) is 4.79 Å². The van der Waals surface area contributed by atoms with E-state index in [2.05, 4.69) is 29.9 Å². The lowest BCUT2D eigenvalue weighted by molar-refractivity contribution is -0.114. The largest absolute Gasteiger partial charge is 0.357 e. The second-order valence-corrected chi connectivity index (χ2v) is 8.89. The van der Waals surface area contributed by atoms with E-state index in [1.165, 1.54) is 19.5 Å². The van der Waals surface area contributed by atoms with Crippen LogP contribution in [0, 0.1) is 0 Å². The quantitative estimate of drug-likeness (QED) is 0.757. The molecule has 0 aliphatic carbocycles. The van der Waals surface area contributed by atoms with Gasteiger partial charge in [-0.1, -0.05) is 11.3 Å². The summed E-state index contributed by atoms with van der Waals surface area (Å²) in [5.41, 5.74) is 0. The molecule has 2 aromatic heterocycles. The Hall–Kier alpha value is -2.11. The summed E-state index contributed by atoms with van der Waals surface area (Å²) in [6.07, 6.45) is 6.34. The molecule has 0 radical (unpaired) electrons. The molecule has 1 saturated heterocycles. The average Bonchev–Trinajstić information content (AvgIpc) is 3.10. The highest BCUT2D eigenvalue weighted by molar-refractivity contribution is 7.91. The van der Waals surface area contributed by atoms with Crippen molar-refractivity contribution in [2.45, 2.75) is 36.9 Å². The van der Waals surface area contributed by atoms with E-state index in [1.807, 2.05) is 6.07 Å². The number of amides is 1. The van der Waals surface area contributed by atoms with E-state index in [9.17, 15) is 13.2 Å². The second kappa shape index (κ2) is 8.06. The minimum atomic E-state index is -3.75. The highest BCUT2D eigenvalue weighted by Gasteiger charge is 2.19. The molecule has 1 fully saturated rings. The van der Waals surface area contributed by atoms with Crippen LogP contribution in [-0.4, -0.2) is 42.4 Å². The molecule has 0 bridgehead atoms. The normalized spacial score (nSPS) is 15.0. The van der Waals surface area contributed by atoms with Gasteiger partial charge in [-0.25, -0.2) is 28.1 Å². The van der Waals surface area contributed by atoms with Crippen molar-refractivity contribution < 1.29 is 13.2 Å². The molecule has 3 rings (SSSR count). The van der Waals surface area contributed by atoms with Crippen LogP contribution in [0.25, 0.3) is 0 Å². The Bertz CT molecular complexity index is 877. The van der Waals surface area contributed by atoms with Crippen LogP contribution >= 0.6 is 11.3 Å². The summed E-state index contributed by atoms with van der Waals surface area (Å²) in [7, 11) is -3.75. The van der Waals surface area contributed by atoms with Crippen LogP contribution in [-0.2, 0) is 21.4 Å². The Kier molecular flexibility index (Phi) is 5.79. The molecular formula is C15H20N6O3S2. The molecule has 2 N–H and O–H groups in total. The zero-order valence-corrected chi connectivity index (χ0v) is 15.9. The molecule has 0 atom stereocenters. The van der Waals surface area contributed by atoms with Crippen molar-refractivity contribution in [1.82, 2.24) is 19.7 Å². The molecule has 9 nitrogen and oxygen atoms in total. The standard InChI is InChI=1S/C15H20N6O3S2/c1-11(22)19-15-17-10-14(25-15)26(23,24)18-9-12-16-6-5-13(20-12)21-7-3-2-4-8-21/h5-6,10,18H,2-4,7-9H2,1H3,(H,17,19,22). The molecule has 2 aromatic rings. The molecule has 0 saturated carbocycles. The number of piperidine rings is 1. The first-order valence-electron chi connectivity index (χ1n) is 8.24. The molecule has 1 aliphatic rings. The highest BCUT2D eigenvalue weighted by Crippen LogP contribution is 2.23. The number of anilines is 2. The first kappa shape index (κ1) is 18.7. The maximum atomic E-state index is 12.4. The number of nitrogens with zero attached hydrogens (tertiary/aromatic N) is 4. The van der Waals surface area contributed by atoms with Crippen molar-refractivity contribution >= 4 is 38.2 Å². The van der Waals surface area contributed by atoms with Crippen molar-refractivity contribution in [2.75, 3.05) is 23.3 Å². The van der Waals surface area contributed by atoms with Gasteiger partial charge in [0, 0.05) is 26.2 Å². The van der Waals surface area contributed by atoms with Crippen LogP contribution in [0.2, 0.25) is 0 Å². The summed E-state index contributed by atoms with van der Waals surface area (Å²) < 4.78 is 27.2. The minimum Gasteiger partial charge on any atom is -0.357 e. The van der Waals surface area contributed by atoms with Gasteiger partial charge in [-0.15, -0.1) is 0 Å². The molecule has 140 valence electrons.